The summed E-state index contributed by atoms with van der Waals surface area (Å²) in [4.78, 5) is 16.1. The lowest BCUT2D eigenvalue weighted by atomic mass is 9.98. The first-order chi connectivity index (χ1) is 25.8. The second kappa shape index (κ2) is 11.2. The predicted octanol–water partition coefficient (Wildman–Crippen LogP) is 11.7. The number of fused-ring (bicyclic) bond motifs is 11. The van der Waals surface area contributed by atoms with Gasteiger partial charge in [-0.05, 0) is 71.1 Å². The topological polar surface area (TPSA) is 48.0 Å². The minimum Gasteiger partial charge on any atom is -0.309 e. The maximum Gasteiger partial charge on any atom is 0.162 e. The van der Waals surface area contributed by atoms with Gasteiger partial charge in [0.25, 0.3) is 0 Å². The highest BCUT2D eigenvalue weighted by Crippen LogP contribution is 2.40. The molecule has 4 heterocycles. The van der Waals surface area contributed by atoms with E-state index in [1.54, 1.807) is 0 Å². The molecule has 0 unspecified atom stereocenters. The molecule has 0 aliphatic heterocycles. The van der Waals surface area contributed by atoms with Gasteiger partial charge in [0.2, 0.25) is 0 Å². The fraction of sp³-hybridized carbons (Fsp3) is 0. The third-order valence-corrected chi connectivity index (χ3v) is 10.3. The second-order valence-electron chi connectivity index (χ2n) is 13.3. The van der Waals surface area contributed by atoms with E-state index in [-0.39, 0.29) is 0 Å². The summed E-state index contributed by atoms with van der Waals surface area (Å²) in [5, 5.41) is 5.49. The van der Waals surface area contributed by atoms with Gasteiger partial charge in [0.1, 0.15) is 5.65 Å². The van der Waals surface area contributed by atoms with Crippen LogP contribution in [0.4, 0.5) is 0 Å². The maximum atomic E-state index is 5.50. The third-order valence-electron chi connectivity index (χ3n) is 10.3. The molecule has 0 saturated heterocycles. The van der Waals surface area contributed by atoms with Gasteiger partial charge < -0.3 is 4.57 Å². The number of aromatic nitrogens is 5. The van der Waals surface area contributed by atoms with Crippen LogP contribution in [0, 0.1) is 0 Å². The number of nitrogens with zero attached hydrogens (tertiary/aromatic N) is 5. The van der Waals surface area contributed by atoms with Crippen molar-refractivity contribution in [2.75, 3.05) is 0 Å². The van der Waals surface area contributed by atoms with E-state index in [0.717, 1.165) is 88.5 Å². The van der Waals surface area contributed by atoms with Crippen molar-refractivity contribution in [3.8, 4) is 39.5 Å². The number of pyridine rings is 1. The van der Waals surface area contributed by atoms with Crippen LogP contribution in [0.25, 0.3) is 99.8 Å². The molecule has 52 heavy (non-hydrogen) atoms. The molecule has 0 amide bonds. The molecule has 0 aliphatic rings. The number of para-hydroxylation sites is 4. The Morgan fingerprint density at radius 3 is 1.87 bits per heavy atom. The van der Waals surface area contributed by atoms with E-state index in [4.69, 9.17) is 15.0 Å². The first kappa shape index (κ1) is 28.7. The van der Waals surface area contributed by atoms with Crippen LogP contribution in [0.1, 0.15) is 0 Å². The zero-order chi connectivity index (χ0) is 34.2. The summed E-state index contributed by atoms with van der Waals surface area (Å²) >= 11 is 0. The van der Waals surface area contributed by atoms with E-state index in [1.807, 2.05) is 6.07 Å². The van der Waals surface area contributed by atoms with Gasteiger partial charge in [-0.15, -0.1) is 0 Å². The molecule has 4 aromatic heterocycles. The Bertz CT molecular complexity index is 3180. The predicted molar refractivity (Wildman–Crippen MR) is 214 cm³/mol. The van der Waals surface area contributed by atoms with E-state index < -0.39 is 0 Å². The van der Waals surface area contributed by atoms with E-state index in [1.165, 1.54) is 5.39 Å². The molecule has 0 atom stereocenters. The van der Waals surface area contributed by atoms with Gasteiger partial charge in [-0.25, -0.2) is 15.0 Å². The maximum absolute atomic E-state index is 5.50. The van der Waals surface area contributed by atoms with Crippen molar-refractivity contribution in [2.24, 2.45) is 0 Å². The molecule has 0 N–H and O–H groups in total. The Morgan fingerprint density at radius 2 is 1.02 bits per heavy atom. The SMILES string of the molecule is c1ccc(-c2cccc(-c3nc(-c4ccc5c(c4)c4ccccc4n5-c4ccccc4)nc4c3c3ccccc3c3nc5ccccc5n34)c2)cc1. The minimum atomic E-state index is 0.667. The smallest absolute Gasteiger partial charge is 0.162 e. The van der Waals surface area contributed by atoms with Gasteiger partial charge in [-0.3, -0.25) is 4.40 Å². The van der Waals surface area contributed by atoms with Crippen molar-refractivity contribution in [1.82, 2.24) is 23.9 Å². The number of benzene rings is 7. The van der Waals surface area contributed by atoms with Gasteiger partial charge in [0, 0.05) is 33.0 Å². The minimum absolute atomic E-state index is 0.667. The largest absolute Gasteiger partial charge is 0.309 e. The van der Waals surface area contributed by atoms with E-state index in [0.29, 0.717) is 5.82 Å². The fourth-order valence-corrected chi connectivity index (χ4v) is 7.96. The zero-order valence-corrected chi connectivity index (χ0v) is 28.0. The van der Waals surface area contributed by atoms with Crippen LogP contribution in [-0.4, -0.2) is 23.9 Å². The Kier molecular flexibility index (Phi) is 6.18. The molecule has 0 bridgehead atoms. The quantitative estimate of drug-likeness (QED) is 0.176. The first-order valence-corrected chi connectivity index (χ1v) is 17.5. The van der Waals surface area contributed by atoms with Crippen molar-refractivity contribution >= 4 is 60.3 Å². The molecule has 11 aromatic rings. The molecule has 0 spiro atoms. The van der Waals surface area contributed by atoms with Crippen molar-refractivity contribution in [3.05, 3.63) is 176 Å². The highest BCUT2D eigenvalue weighted by atomic mass is 15.1. The van der Waals surface area contributed by atoms with Crippen LogP contribution in [0.3, 0.4) is 0 Å². The molecular weight excluding hydrogens is 635 g/mol. The Hall–Kier alpha value is -7.11. The molecule has 0 radical (unpaired) electrons. The highest BCUT2D eigenvalue weighted by Gasteiger charge is 2.22. The number of hydrogen-bond acceptors (Lipinski definition) is 3. The average Bonchev–Trinajstić information content (AvgIpc) is 3.78. The average molecular weight is 664 g/mol. The summed E-state index contributed by atoms with van der Waals surface area (Å²) in [6.07, 6.45) is 0. The molecular formula is C47H29N5. The molecule has 242 valence electrons. The monoisotopic (exact) mass is 663 g/mol. The van der Waals surface area contributed by atoms with Gasteiger partial charge in [-0.2, -0.15) is 0 Å². The first-order valence-electron chi connectivity index (χ1n) is 17.5. The molecule has 0 saturated carbocycles. The Balaban J connectivity index is 1.26. The Morgan fingerprint density at radius 1 is 0.365 bits per heavy atom. The molecule has 5 heteroatoms. The van der Waals surface area contributed by atoms with Gasteiger partial charge in [0.05, 0.1) is 33.1 Å². The van der Waals surface area contributed by atoms with E-state index in [9.17, 15) is 0 Å². The van der Waals surface area contributed by atoms with Crippen molar-refractivity contribution in [1.29, 1.82) is 0 Å². The lowest BCUT2D eigenvalue weighted by molar-refractivity contribution is 1.17. The van der Waals surface area contributed by atoms with Crippen molar-refractivity contribution in [2.45, 2.75) is 0 Å². The highest BCUT2D eigenvalue weighted by molar-refractivity contribution is 6.17. The summed E-state index contributed by atoms with van der Waals surface area (Å²) in [5.41, 5.74) is 12.3. The number of rotatable bonds is 4. The number of hydrogen-bond donors (Lipinski definition) is 0. The Labute approximate surface area is 298 Å². The molecule has 0 aliphatic carbocycles. The summed E-state index contributed by atoms with van der Waals surface area (Å²) in [6, 6.07) is 61.9. The van der Waals surface area contributed by atoms with Gasteiger partial charge >= 0.3 is 0 Å². The molecule has 7 aromatic carbocycles. The summed E-state index contributed by atoms with van der Waals surface area (Å²) in [7, 11) is 0. The molecule has 0 fully saturated rings. The lowest BCUT2D eigenvalue weighted by Gasteiger charge is -2.15. The zero-order valence-electron chi connectivity index (χ0n) is 28.0. The van der Waals surface area contributed by atoms with E-state index >= 15 is 0 Å². The van der Waals surface area contributed by atoms with Crippen molar-refractivity contribution < 1.29 is 0 Å². The third kappa shape index (κ3) is 4.26. The van der Waals surface area contributed by atoms with Crippen LogP contribution in [0.2, 0.25) is 0 Å². The van der Waals surface area contributed by atoms with Gasteiger partial charge in [0.15, 0.2) is 11.5 Å². The standard InChI is InChI=1S/C47H29N5/c1-3-14-30(15-4-1)31-16-13-17-32(28-31)44-43-36-21-7-8-22-37(36)46-48-39-23-10-12-25-42(39)52(46)47(43)50-45(49-44)33-26-27-41-38(29-33)35-20-9-11-24-40(35)51(41)34-18-5-2-6-19-34/h1-29H. The van der Waals surface area contributed by atoms with Crippen LogP contribution in [-0.2, 0) is 0 Å². The van der Waals surface area contributed by atoms with Crippen LogP contribution >= 0.6 is 0 Å². The summed E-state index contributed by atoms with van der Waals surface area (Å²) < 4.78 is 4.56. The van der Waals surface area contributed by atoms with Crippen LogP contribution < -0.4 is 0 Å². The van der Waals surface area contributed by atoms with Gasteiger partial charge in [-0.1, -0.05) is 121 Å². The summed E-state index contributed by atoms with van der Waals surface area (Å²) in [5.74, 6) is 0.667. The molecule has 11 rings (SSSR count). The van der Waals surface area contributed by atoms with Crippen molar-refractivity contribution in [3.63, 3.8) is 0 Å². The van der Waals surface area contributed by atoms with Crippen LogP contribution in [0.5, 0.6) is 0 Å². The normalized spacial score (nSPS) is 11.8. The lowest BCUT2D eigenvalue weighted by Crippen LogP contribution is -2.01. The second-order valence-corrected chi connectivity index (χ2v) is 13.3. The fourth-order valence-electron chi connectivity index (χ4n) is 7.96. The molecule has 5 nitrogen and oxygen atoms in total. The van der Waals surface area contributed by atoms with E-state index in [2.05, 4.69) is 179 Å². The number of imidazole rings is 1. The van der Waals surface area contributed by atoms with Crippen LogP contribution in [0.15, 0.2) is 176 Å². The summed E-state index contributed by atoms with van der Waals surface area (Å²) in [6.45, 7) is 0.